The van der Waals surface area contributed by atoms with Crippen LogP contribution < -0.4 is 4.74 Å². The molecule has 4 nitrogen and oxygen atoms in total. The van der Waals surface area contributed by atoms with E-state index in [0.29, 0.717) is 28.7 Å². The van der Waals surface area contributed by atoms with Gasteiger partial charge in [-0.1, -0.05) is 11.6 Å². The van der Waals surface area contributed by atoms with Crippen LogP contribution >= 0.6 is 11.6 Å². The molecule has 0 aliphatic heterocycles. The number of halogens is 1. The quantitative estimate of drug-likeness (QED) is 0.591. The number of ether oxygens (including phenoxy) is 1. The van der Waals surface area contributed by atoms with Gasteiger partial charge in [-0.25, -0.2) is 9.78 Å². The summed E-state index contributed by atoms with van der Waals surface area (Å²) in [5.74, 6) is 2.29. The van der Waals surface area contributed by atoms with E-state index in [9.17, 15) is 4.79 Å². The molecule has 5 heteroatoms. The van der Waals surface area contributed by atoms with Gasteiger partial charge >= 0.3 is 0 Å². The third-order valence-corrected chi connectivity index (χ3v) is 2.12. The second kappa shape index (κ2) is 5.66. The van der Waals surface area contributed by atoms with Gasteiger partial charge in [-0.15, -0.1) is 0 Å². The van der Waals surface area contributed by atoms with Gasteiger partial charge in [-0.2, -0.15) is 0 Å². The number of methoxy groups -OCH3 is 1. The average Bonchev–Trinajstić information content (AvgIpc) is 2.24. The summed E-state index contributed by atoms with van der Waals surface area (Å²) in [7, 11) is 5.24. The van der Waals surface area contributed by atoms with E-state index in [0.717, 1.165) is 0 Å². The zero-order valence-electron chi connectivity index (χ0n) is 9.45. The lowest BCUT2D eigenvalue weighted by Gasteiger charge is -2.11. The molecular weight excluding hydrogens is 228 g/mol. The first-order chi connectivity index (χ1) is 7.56. The van der Waals surface area contributed by atoms with Crippen molar-refractivity contribution in [3.63, 3.8) is 0 Å². The van der Waals surface area contributed by atoms with Crippen molar-refractivity contribution < 1.29 is 9.53 Å². The lowest BCUT2D eigenvalue weighted by atomic mass is 10.1. The van der Waals surface area contributed by atoms with Gasteiger partial charge in [-0.05, 0) is 25.7 Å². The molecule has 0 N–H and O–H groups in total. The molecule has 1 aromatic heterocycles. The summed E-state index contributed by atoms with van der Waals surface area (Å²) in [5.41, 5.74) is 1.20. The Morgan fingerprint density at radius 3 is 2.75 bits per heavy atom. The molecule has 0 spiro atoms. The Hall–Kier alpha value is -1.35. The molecule has 0 unspecified atom stereocenters. The maximum absolute atomic E-state index is 10.9. The number of pyridine rings is 1. The number of carbonyl (C=O) groups excluding carboxylic acids is 1. The molecule has 16 heavy (non-hydrogen) atoms. The van der Waals surface area contributed by atoms with Crippen molar-refractivity contribution in [1.82, 2.24) is 9.88 Å². The van der Waals surface area contributed by atoms with Gasteiger partial charge in [0.2, 0.25) is 5.88 Å². The Kier molecular flexibility index (Phi) is 4.50. The normalized spacial score (nSPS) is 10.1. The second-order valence-corrected chi connectivity index (χ2v) is 3.93. The molecule has 1 aromatic rings. The van der Waals surface area contributed by atoms with Gasteiger partial charge in [0.25, 0.3) is 0 Å². The lowest BCUT2D eigenvalue weighted by Crippen LogP contribution is -2.15. The zero-order valence-corrected chi connectivity index (χ0v) is 10.2. The molecule has 0 atom stereocenters. The number of nitrogens with zero attached hydrogens (tertiary/aromatic N) is 2. The summed E-state index contributed by atoms with van der Waals surface area (Å²) in [6, 6.07) is 3.28. The third-order valence-electron chi connectivity index (χ3n) is 1.93. The fourth-order valence-electron chi connectivity index (χ4n) is 1.25. The van der Waals surface area contributed by atoms with Crippen molar-refractivity contribution in [3.8, 4) is 5.88 Å². The van der Waals surface area contributed by atoms with Gasteiger partial charge in [0, 0.05) is 12.6 Å². The van der Waals surface area contributed by atoms with Crippen LogP contribution in [0.25, 0.3) is 5.57 Å². The van der Waals surface area contributed by atoms with E-state index < -0.39 is 0 Å². The highest BCUT2D eigenvalue weighted by Crippen LogP contribution is 2.21. The first-order valence-corrected chi connectivity index (χ1v) is 5.05. The van der Waals surface area contributed by atoms with E-state index in [1.165, 1.54) is 7.11 Å². The fraction of sp³-hybridized carbons (Fsp3) is 0.364. The fourth-order valence-corrected chi connectivity index (χ4v) is 1.45. The van der Waals surface area contributed by atoms with Crippen molar-refractivity contribution in [2.75, 3.05) is 27.7 Å². The molecule has 0 fully saturated rings. The monoisotopic (exact) mass is 240 g/mol. The van der Waals surface area contributed by atoms with Crippen molar-refractivity contribution >= 4 is 23.1 Å². The molecule has 0 amide bonds. The summed E-state index contributed by atoms with van der Waals surface area (Å²) in [4.78, 5) is 16.7. The van der Waals surface area contributed by atoms with Gasteiger partial charge in [0.1, 0.15) is 11.1 Å². The topological polar surface area (TPSA) is 42.4 Å². The molecule has 0 aromatic carbocycles. The highest BCUT2D eigenvalue weighted by atomic mass is 35.5. The predicted octanol–water partition coefficient (Wildman–Crippen LogP) is 1.52. The van der Waals surface area contributed by atoms with Crippen LogP contribution in [-0.4, -0.2) is 43.6 Å². The number of aromatic nitrogens is 1. The Labute approximate surface area is 99.5 Å². The van der Waals surface area contributed by atoms with Gasteiger partial charge in [0.05, 0.1) is 12.7 Å². The average molecular weight is 241 g/mol. The molecule has 0 aliphatic rings. The number of hydrogen-bond donors (Lipinski definition) is 0. The summed E-state index contributed by atoms with van der Waals surface area (Å²) in [5, 5.41) is 0.292. The molecule has 1 heterocycles. The van der Waals surface area contributed by atoms with Crippen LogP contribution in [0, 0.1) is 0 Å². The van der Waals surface area contributed by atoms with Gasteiger partial charge in [-0.3, -0.25) is 0 Å². The number of likely N-dealkylation sites (N-methyl/N-ethyl adjacent to an activating group) is 1. The van der Waals surface area contributed by atoms with Gasteiger partial charge < -0.3 is 9.64 Å². The first-order valence-electron chi connectivity index (χ1n) is 4.67. The molecular formula is C11H13ClN2O2. The van der Waals surface area contributed by atoms with Crippen LogP contribution in [0.3, 0.4) is 0 Å². The Morgan fingerprint density at radius 2 is 2.25 bits per heavy atom. The van der Waals surface area contributed by atoms with Crippen LogP contribution in [0.2, 0.25) is 5.15 Å². The molecule has 0 bridgehead atoms. The summed E-state index contributed by atoms with van der Waals surface area (Å²) < 4.78 is 4.98. The van der Waals surface area contributed by atoms with Crippen LogP contribution in [0.4, 0.5) is 0 Å². The maximum Gasteiger partial charge on any atom is 0.214 e. The Morgan fingerprint density at radius 1 is 1.56 bits per heavy atom. The second-order valence-electron chi connectivity index (χ2n) is 3.54. The summed E-state index contributed by atoms with van der Waals surface area (Å²) in [6.07, 6.45) is 0. The minimum Gasteiger partial charge on any atom is -0.481 e. The predicted molar refractivity (Wildman–Crippen MR) is 63.5 cm³/mol. The molecule has 0 radical (unpaired) electrons. The van der Waals surface area contributed by atoms with Crippen LogP contribution in [0.5, 0.6) is 5.88 Å². The molecule has 0 saturated heterocycles. The van der Waals surface area contributed by atoms with E-state index in [-0.39, 0.29) is 0 Å². The van der Waals surface area contributed by atoms with Crippen molar-refractivity contribution in [3.05, 3.63) is 22.8 Å². The molecule has 0 saturated carbocycles. The highest BCUT2D eigenvalue weighted by Gasteiger charge is 2.08. The van der Waals surface area contributed by atoms with E-state index in [4.69, 9.17) is 16.3 Å². The Balaban J connectivity index is 3.10. The SMILES string of the molecule is COc1cc(C(=C=O)CN(C)C)cc(Cl)n1. The number of rotatable bonds is 4. The van der Waals surface area contributed by atoms with E-state index in [1.807, 2.05) is 24.9 Å². The highest BCUT2D eigenvalue weighted by molar-refractivity contribution is 6.29. The van der Waals surface area contributed by atoms with Crippen molar-refractivity contribution in [2.45, 2.75) is 0 Å². The molecule has 1 rings (SSSR count). The van der Waals surface area contributed by atoms with Crippen LogP contribution in [0.15, 0.2) is 12.1 Å². The smallest absolute Gasteiger partial charge is 0.214 e. The standard InChI is InChI=1S/C11H13ClN2O2/c1-14(2)6-9(7-15)8-4-10(12)13-11(5-8)16-3/h4-5H,6H2,1-3H3. The molecule has 86 valence electrons. The van der Waals surface area contributed by atoms with E-state index in [2.05, 4.69) is 4.98 Å². The van der Waals surface area contributed by atoms with Crippen LogP contribution in [0.1, 0.15) is 5.56 Å². The van der Waals surface area contributed by atoms with Crippen molar-refractivity contribution in [2.24, 2.45) is 0 Å². The van der Waals surface area contributed by atoms with Gasteiger partial charge in [0.15, 0.2) is 0 Å². The minimum absolute atomic E-state index is 0.292. The third kappa shape index (κ3) is 3.35. The summed E-state index contributed by atoms with van der Waals surface area (Å²) in [6.45, 7) is 0.493. The lowest BCUT2D eigenvalue weighted by molar-refractivity contribution is 0.397. The Bertz CT molecular complexity index is 426. The minimum atomic E-state index is 0.292. The zero-order chi connectivity index (χ0) is 12.1. The van der Waals surface area contributed by atoms with Crippen molar-refractivity contribution in [1.29, 1.82) is 0 Å². The summed E-state index contributed by atoms with van der Waals surface area (Å²) >= 11 is 5.82. The van der Waals surface area contributed by atoms with E-state index in [1.54, 1.807) is 12.1 Å². The van der Waals surface area contributed by atoms with Crippen LogP contribution in [-0.2, 0) is 4.79 Å². The number of hydrogen-bond acceptors (Lipinski definition) is 4. The van der Waals surface area contributed by atoms with E-state index >= 15 is 0 Å². The first kappa shape index (κ1) is 12.7. The molecule has 0 aliphatic carbocycles. The largest absolute Gasteiger partial charge is 0.481 e. The maximum atomic E-state index is 10.9.